The summed E-state index contributed by atoms with van der Waals surface area (Å²) < 4.78 is 12.4. The van der Waals surface area contributed by atoms with Gasteiger partial charge >= 0.3 is 0 Å². The largest absolute Gasteiger partial charge is 0.490 e. The molecule has 0 aromatic heterocycles. The molecule has 4 nitrogen and oxygen atoms in total. The molecule has 3 aromatic rings. The molecular weight excluding hydrogens is 441 g/mol. The van der Waals surface area contributed by atoms with Gasteiger partial charge in [0.15, 0.2) is 0 Å². The summed E-state index contributed by atoms with van der Waals surface area (Å²) in [6.07, 6.45) is 0. The van der Waals surface area contributed by atoms with Gasteiger partial charge in [0.1, 0.15) is 24.7 Å². The highest BCUT2D eigenvalue weighted by atomic mass is 127. The van der Waals surface area contributed by atoms with Crippen LogP contribution >= 0.6 is 22.6 Å². The standard InChI is InChI=1S/C21H18INO3/c22-18-11-5-6-12-19(18)23-21(24)17-10-4-7-13-20(17)26-15-14-25-16-8-2-1-3-9-16/h1-13H,14-15H2,(H,23,24). The monoisotopic (exact) mass is 459 g/mol. The van der Waals surface area contributed by atoms with Crippen LogP contribution < -0.4 is 14.8 Å². The first kappa shape index (κ1) is 18.3. The van der Waals surface area contributed by atoms with E-state index in [0.29, 0.717) is 24.5 Å². The fourth-order valence-electron chi connectivity index (χ4n) is 2.36. The van der Waals surface area contributed by atoms with Crippen molar-refractivity contribution in [1.29, 1.82) is 0 Å². The maximum Gasteiger partial charge on any atom is 0.259 e. The predicted molar refractivity (Wildman–Crippen MR) is 111 cm³/mol. The number of rotatable bonds is 7. The van der Waals surface area contributed by atoms with E-state index in [0.717, 1.165) is 15.0 Å². The van der Waals surface area contributed by atoms with Crippen LogP contribution in [0.5, 0.6) is 11.5 Å². The first-order valence-corrected chi connectivity index (χ1v) is 9.27. The molecule has 0 bridgehead atoms. The molecule has 0 aliphatic rings. The summed E-state index contributed by atoms with van der Waals surface area (Å²) in [4.78, 5) is 12.6. The first-order chi connectivity index (χ1) is 12.7. The lowest BCUT2D eigenvalue weighted by Crippen LogP contribution is -2.16. The molecule has 26 heavy (non-hydrogen) atoms. The highest BCUT2D eigenvalue weighted by Gasteiger charge is 2.13. The van der Waals surface area contributed by atoms with Gasteiger partial charge in [-0.05, 0) is 59.0 Å². The van der Waals surface area contributed by atoms with Crippen LogP contribution in [0.1, 0.15) is 10.4 Å². The second-order valence-electron chi connectivity index (χ2n) is 5.44. The number of hydrogen-bond donors (Lipinski definition) is 1. The first-order valence-electron chi connectivity index (χ1n) is 8.19. The van der Waals surface area contributed by atoms with Gasteiger partial charge in [0.2, 0.25) is 0 Å². The van der Waals surface area contributed by atoms with E-state index in [9.17, 15) is 4.79 Å². The zero-order chi connectivity index (χ0) is 18.2. The van der Waals surface area contributed by atoms with Crippen LogP contribution in [0.15, 0.2) is 78.9 Å². The lowest BCUT2D eigenvalue weighted by atomic mass is 10.2. The van der Waals surface area contributed by atoms with Gasteiger partial charge in [-0.3, -0.25) is 4.79 Å². The van der Waals surface area contributed by atoms with Gasteiger partial charge in [0.05, 0.1) is 11.3 Å². The second-order valence-corrected chi connectivity index (χ2v) is 6.60. The van der Waals surface area contributed by atoms with Gasteiger partial charge in [-0.25, -0.2) is 0 Å². The lowest BCUT2D eigenvalue weighted by molar-refractivity contribution is 0.102. The number of benzene rings is 3. The zero-order valence-electron chi connectivity index (χ0n) is 14.0. The zero-order valence-corrected chi connectivity index (χ0v) is 16.2. The number of anilines is 1. The normalized spacial score (nSPS) is 10.2. The summed E-state index contributed by atoms with van der Waals surface area (Å²) in [5.41, 5.74) is 1.27. The molecule has 0 heterocycles. The highest BCUT2D eigenvalue weighted by Crippen LogP contribution is 2.22. The molecule has 0 fully saturated rings. The molecule has 3 rings (SSSR count). The summed E-state index contributed by atoms with van der Waals surface area (Å²) in [5, 5.41) is 2.93. The number of hydrogen-bond acceptors (Lipinski definition) is 3. The molecule has 132 valence electrons. The SMILES string of the molecule is O=C(Nc1ccccc1I)c1ccccc1OCCOc1ccccc1. The Kier molecular flexibility index (Phi) is 6.49. The third kappa shape index (κ3) is 4.98. The minimum absolute atomic E-state index is 0.200. The minimum atomic E-state index is -0.200. The molecule has 1 amide bonds. The van der Waals surface area contributed by atoms with Gasteiger partial charge in [-0.1, -0.05) is 42.5 Å². The van der Waals surface area contributed by atoms with Gasteiger partial charge in [-0.15, -0.1) is 0 Å². The Morgan fingerprint density at radius 1 is 0.808 bits per heavy atom. The van der Waals surface area contributed by atoms with E-state index < -0.39 is 0 Å². The number of nitrogens with one attached hydrogen (secondary N) is 1. The molecule has 0 unspecified atom stereocenters. The van der Waals surface area contributed by atoms with Crippen molar-refractivity contribution in [3.63, 3.8) is 0 Å². The fraction of sp³-hybridized carbons (Fsp3) is 0.0952. The average molecular weight is 459 g/mol. The molecule has 0 atom stereocenters. The molecule has 0 radical (unpaired) electrons. The van der Waals surface area contributed by atoms with E-state index >= 15 is 0 Å². The van der Waals surface area contributed by atoms with Crippen LogP contribution in [0.3, 0.4) is 0 Å². The fourth-order valence-corrected chi connectivity index (χ4v) is 2.88. The van der Waals surface area contributed by atoms with Crippen LogP contribution in [-0.4, -0.2) is 19.1 Å². The third-order valence-electron chi connectivity index (χ3n) is 3.61. The number of para-hydroxylation sites is 3. The van der Waals surface area contributed by atoms with E-state index in [2.05, 4.69) is 27.9 Å². The van der Waals surface area contributed by atoms with Crippen LogP contribution in [0.2, 0.25) is 0 Å². The summed E-state index contributed by atoms with van der Waals surface area (Å²) in [6.45, 7) is 0.749. The quantitative estimate of drug-likeness (QED) is 0.400. The van der Waals surface area contributed by atoms with E-state index in [-0.39, 0.29) is 5.91 Å². The second kappa shape index (κ2) is 9.24. The summed E-state index contributed by atoms with van der Waals surface area (Å²) >= 11 is 2.19. The molecule has 1 N–H and O–H groups in total. The van der Waals surface area contributed by atoms with Crippen molar-refractivity contribution in [3.8, 4) is 11.5 Å². The van der Waals surface area contributed by atoms with Crippen LogP contribution in [0, 0.1) is 3.57 Å². The number of ether oxygens (including phenoxy) is 2. The summed E-state index contributed by atoms with van der Waals surface area (Å²) in [5.74, 6) is 1.13. The molecule has 0 aliphatic heterocycles. The predicted octanol–water partition coefficient (Wildman–Crippen LogP) is 5.00. The van der Waals surface area contributed by atoms with Gasteiger partial charge in [-0.2, -0.15) is 0 Å². The molecule has 3 aromatic carbocycles. The van der Waals surface area contributed by atoms with E-state index in [1.165, 1.54) is 0 Å². The number of amides is 1. The Bertz CT molecular complexity index is 868. The maximum absolute atomic E-state index is 12.6. The van der Waals surface area contributed by atoms with Gasteiger partial charge in [0, 0.05) is 3.57 Å². The molecule has 0 spiro atoms. The van der Waals surface area contributed by atoms with E-state index in [1.807, 2.05) is 66.7 Å². The van der Waals surface area contributed by atoms with Crippen LogP contribution in [0.25, 0.3) is 0 Å². The molecule has 0 saturated carbocycles. The Morgan fingerprint density at radius 3 is 2.27 bits per heavy atom. The number of carbonyl (C=O) groups is 1. The van der Waals surface area contributed by atoms with Crippen molar-refractivity contribution < 1.29 is 14.3 Å². The Labute approximate surface area is 166 Å². The smallest absolute Gasteiger partial charge is 0.259 e. The number of halogens is 1. The van der Waals surface area contributed by atoms with Gasteiger partial charge in [0.25, 0.3) is 5.91 Å². The third-order valence-corrected chi connectivity index (χ3v) is 4.55. The van der Waals surface area contributed by atoms with Crippen molar-refractivity contribution in [2.45, 2.75) is 0 Å². The van der Waals surface area contributed by atoms with Crippen molar-refractivity contribution in [2.24, 2.45) is 0 Å². The molecular formula is C21H18INO3. The summed E-state index contributed by atoms with van der Waals surface area (Å²) in [7, 11) is 0. The van der Waals surface area contributed by atoms with Crippen molar-refractivity contribution in [1.82, 2.24) is 0 Å². The van der Waals surface area contributed by atoms with Gasteiger partial charge < -0.3 is 14.8 Å². The minimum Gasteiger partial charge on any atom is -0.490 e. The van der Waals surface area contributed by atoms with E-state index in [1.54, 1.807) is 12.1 Å². The highest BCUT2D eigenvalue weighted by molar-refractivity contribution is 14.1. The average Bonchev–Trinajstić information content (AvgIpc) is 2.68. The van der Waals surface area contributed by atoms with Crippen molar-refractivity contribution in [3.05, 3.63) is 88.0 Å². The Balaban J connectivity index is 1.60. The number of carbonyl (C=O) groups excluding carboxylic acids is 1. The molecule has 0 saturated heterocycles. The van der Waals surface area contributed by atoms with Crippen LogP contribution in [0.4, 0.5) is 5.69 Å². The van der Waals surface area contributed by atoms with Crippen LogP contribution in [-0.2, 0) is 0 Å². The lowest BCUT2D eigenvalue weighted by Gasteiger charge is -2.13. The summed E-state index contributed by atoms with van der Waals surface area (Å²) in [6, 6.07) is 24.4. The molecule has 0 aliphatic carbocycles. The Hall–Kier alpha value is -2.54. The van der Waals surface area contributed by atoms with E-state index in [4.69, 9.17) is 9.47 Å². The Morgan fingerprint density at radius 2 is 1.46 bits per heavy atom. The topological polar surface area (TPSA) is 47.6 Å². The molecule has 5 heteroatoms. The van der Waals surface area contributed by atoms with Crippen molar-refractivity contribution in [2.75, 3.05) is 18.5 Å². The van der Waals surface area contributed by atoms with Crippen molar-refractivity contribution >= 4 is 34.2 Å². The maximum atomic E-state index is 12.6.